The molecule has 0 amide bonds. The van der Waals surface area contributed by atoms with Crippen molar-refractivity contribution in [1.82, 2.24) is 10.2 Å². The molecule has 0 saturated carbocycles. The zero-order valence-corrected chi connectivity index (χ0v) is 9.41. The van der Waals surface area contributed by atoms with Gasteiger partial charge in [-0.3, -0.25) is 10.1 Å². The van der Waals surface area contributed by atoms with E-state index in [0.717, 1.165) is 0 Å². The van der Waals surface area contributed by atoms with Crippen LogP contribution in [0, 0.1) is 14.0 Å². The molecule has 0 aliphatic heterocycles. The van der Waals surface area contributed by atoms with Crippen LogP contribution in [0.5, 0.6) is 0 Å². The lowest BCUT2D eigenvalue weighted by molar-refractivity contribution is -0.384. The lowest BCUT2D eigenvalue weighted by atomic mass is 10.2. The summed E-state index contributed by atoms with van der Waals surface area (Å²) < 4.78 is 5.54. The summed E-state index contributed by atoms with van der Waals surface area (Å²) in [5, 5.41) is 17.9. The summed E-state index contributed by atoms with van der Waals surface area (Å²) in [4.78, 5) is 10.1. The van der Waals surface area contributed by atoms with E-state index in [0.29, 0.717) is 9.46 Å². The number of benzene rings is 1. The molecule has 76 valence electrons. The second-order valence-corrected chi connectivity index (χ2v) is 3.59. The predicted molar refractivity (Wildman–Crippen MR) is 59.1 cm³/mol. The van der Waals surface area contributed by atoms with Crippen LogP contribution in [0.1, 0.15) is 0 Å². The van der Waals surface area contributed by atoms with E-state index in [2.05, 4.69) is 10.2 Å². The second kappa shape index (κ2) is 3.93. The minimum Gasteiger partial charge on any atom is -0.412 e. The highest BCUT2D eigenvalue weighted by Crippen LogP contribution is 2.22. The van der Waals surface area contributed by atoms with Gasteiger partial charge in [0.2, 0.25) is 5.89 Å². The van der Waals surface area contributed by atoms with Crippen LogP contribution in [0.25, 0.3) is 11.5 Å². The first kappa shape index (κ1) is 10.0. The van der Waals surface area contributed by atoms with Crippen molar-refractivity contribution in [2.24, 2.45) is 0 Å². The summed E-state index contributed by atoms with van der Waals surface area (Å²) in [6, 6.07) is 6.05. The van der Waals surface area contributed by atoms with Crippen LogP contribution in [0.3, 0.4) is 0 Å². The maximum Gasteiger partial charge on any atom is 0.278 e. The molecule has 6 nitrogen and oxygen atoms in total. The summed E-state index contributed by atoms with van der Waals surface area (Å²) in [6.45, 7) is 0. The Hall–Kier alpha value is -1.51. The largest absolute Gasteiger partial charge is 0.412 e. The van der Waals surface area contributed by atoms with Crippen LogP contribution in [0.4, 0.5) is 5.69 Å². The second-order valence-electron chi connectivity index (χ2n) is 2.67. The maximum absolute atomic E-state index is 10.5. The quantitative estimate of drug-likeness (QED) is 0.482. The van der Waals surface area contributed by atoms with E-state index >= 15 is 0 Å². The van der Waals surface area contributed by atoms with Gasteiger partial charge in [0.1, 0.15) is 0 Å². The number of nitrogens with zero attached hydrogens (tertiary/aromatic N) is 3. The molecule has 2 rings (SSSR count). The first-order valence-electron chi connectivity index (χ1n) is 3.90. The first-order chi connectivity index (χ1) is 7.16. The number of hydrogen-bond acceptors (Lipinski definition) is 5. The standard InChI is InChI=1S/C8H4IN3O3/c9-8-11-10-7(15-8)5-2-1-3-6(4-5)12(13)14/h1-4H. The van der Waals surface area contributed by atoms with Crippen molar-refractivity contribution >= 4 is 28.3 Å². The Bertz CT molecular complexity index is 511. The first-order valence-corrected chi connectivity index (χ1v) is 4.98. The summed E-state index contributed by atoms with van der Waals surface area (Å²) in [5.41, 5.74) is 0.542. The van der Waals surface area contributed by atoms with E-state index in [4.69, 9.17) is 4.42 Å². The third-order valence-electron chi connectivity index (χ3n) is 1.70. The summed E-state index contributed by atoms with van der Waals surface area (Å²) in [7, 11) is 0. The molecule has 0 N–H and O–H groups in total. The zero-order chi connectivity index (χ0) is 10.8. The number of rotatable bonds is 2. The van der Waals surface area contributed by atoms with Crippen molar-refractivity contribution in [2.45, 2.75) is 0 Å². The van der Waals surface area contributed by atoms with Gasteiger partial charge in [0.15, 0.2) is 0 Å². The molecule has 7 heteroatoms. The van der Waals surface area contributed by atoms with Crippen LogP contribution >= 0.6 is 22.6 Å². The lowest BCUT2D eigenvalue weighted by Crippen LogP contribution is -1.88. The minimum atomic E-state index is -0.467. The molecule has 0 bridgehead atoms. The van der Waals surface area contributed by atoms with E-state index in [1.807, 2.05) is 22.6 Å². The summed E-state index contributed by atoms with van der Waals surface area (Å²) >= 11 is 1.88. The normalized spacial score (nSPS) is 10.2. The summed E-state index contributed by atoms with van der Waals surface area (Å²) in [6.07, 6.45) is 0. The molecule has 0 spiro atoms. The van der Waals surface area contributed by atoms with E-state index in [1.54, 1.807) is 12.1 Å². The van der Waals surface area contributed by atoms with Crippen molar-refractivity contribution in [1.29, 1.82) is 0 Å². The Balaban J connectivity index is 2.45. The molecule has 0 aliphatic carbocycles. The van der Waals surface area contributed by atoms with Crippen LogP contribution in [0.2, 0.25) is 0 Å². The number of non-ortho nitro benzene ring substituents is 1. The fourth-order valence-corrected chi connectivity index (χ4v) is 1.39. The molecule has 0 fully saturated rings. The SMILES string of the molecule is O=[N+]([O-])c1cccc(-c2nnc(I)o2)c1. The van der Waals surface area contributed by atoms with Gasteiger partial charge in [0.25, 0.3) is 9.58 Å². The number of nitro benzene ring substituents is 1. The highest BCUT2D eigenvalue weighted by Gasteiger charge is 2.11. The molecule has 1 aromatic heterocycles. The van der Waals surface area contributed by atoms with Crippen molar-refractivity contribution < 1.29 is 9.34 Å². The third kappa shape index (κ3) is 2.12. The van der Waals surface area contributed by atoms with Crippen LogP contribution in [-0.2, 0) is 0 Å². The molecule has 0 unspecified atom stereocenters. The van der Waals surface area contributed by atoms with Gasteiger partial charge < -0.3 is 4.42 Å². The van der Waals surface area contributed by atoms with Gasteiger partial charge >= 0.3 is 0 Å². The molecule has 1 heterocycles. The Morgan fingerprint density at radius 1 is 1.40 bits per heavy atom. The average Bonchev–Trinajstić information content (AvgIpc) is 2.65. The maximum atomic E-state index is 10.5. The molecule has 1 aromatic carbocycles. The van der Waals surface area contributed by atoms with Gasteiger partial charge in [-0.15, -0.1) is 10.2 Å². The Morgan fingerprint density at radius 2 is 2.20 bits per heavy atom. The van der Waals surface area contributed by atoms with E-state index in [1.165, 1.54) is 12.1 Å². The molecule has 0 aliphatic rings. The van der Waals surface area contributed by atoms with Crippen molar-refractivity contribution in [2.75, 3.05) is 0 Å². The predicted octanol–water partition coefficient (Wildman–Crippen LogP) is 2.25. The number of aromatic nitrogens is 2. The molecule has 0 atom stereocenters. The minimum absolute atomic E-state index is 0.000656. The fraction of sp³-hybridized carbons (Fsp3) is 0. The van der Waals surface area contributed by atoms with Gasteiger partial charge in [-0.2, -0.15) is 0 Å². The van der Waals surface area contributed by atoms with E-state index < -0.39 is 4.92 Å². The molecule has 15 heavy (non-hydrogen) atoms. The third-order valence-corrected chi connectivity index (χ3v) is 2.14. The van der Waals surface area contributed by atoms with Crippen LogP contribution in [0.15, 0.2) is 28.7 Å². The Labute approximate surface area is 97.6 Å². The number of halogens is 1. The van der Waals surface area contributed by atoms with Crippen molar-refractivity contribution in [3.8, 4) is 11.5 Å². The topological polar surface area (TPSA) is 82.1 Å². The Morgan fingerprint density at radius 3 is 2.80 bits per heavy atom. The lowest BCUT2D eigenvalue weighted by Gasteiger charge is -1.94. The monoisotopic (exact) mass is 317 g/mol. The van der Waals surface area contributed by atoms with Crippen LogP contribution < -0.4 is 0 Å². The van der Waals surface area contributed by atoms with Gasteiger partial charge in [-0.25, -0.2) is 0 Å². The average molecular weight is 317 g/mol. The Kier molecular flexibility index (Phi) is 2.62. The van der Waals surface area contributed by atoms with Gasteiger partial charge in [0, 0.05) is 40.3 Å². The highest BCUT2D eigenvalue weighted by atomic mass is 127. The molecule has 2 aromatic rings. The fourth-order valence-electron chi connectivity index (χ4n) is 1.07. The zero-order valence-electron chi connectivity index (χ0n) is 7.25. The number of nitro groups is 1. The van der Waals surface area contributed by atoms with Gasteiger partial charge in [0.05, 0.1) is 4.92 Å². The molecule has 0 saturated heterocycles. The number of hydrogen-bond donors (Lipinski definition) is 0. The van der Waals surface area contributed by atoms with Crippen LogP contribution in [-0.4, -0.2) is 15.1 Å². The van der Waals surface area contributed by atoms with E-state index in [9.17, 15) is 10.1 Å². The van der Waals surface area contributed by atoms with Gasteiger partial charge in [-0.1, -0.05) is 6.07 Å². The van der Waals surface area contributed by atoms with Crippen molar-refractivity contribution in [3.05, 3.63) is 38.3 Å². The van der Waals surface area contributed by atoms with Gasteiger partial charge in [-0.05, 0) is 6.07 Å². The smallest absolute Gasteiger partial charge is 0.278 e. The van der Waals surface area contributed by atoms with Crippen molar-refractivity contribution in [3.63, 3.8) is 0 Å². The molecular formula is C8H4IN3O3. The highest BCUT2D eigenvalue weighted by molar-refractivity contribution is 14.1. The van der Waals surface area contributed by atoms with E-state index in [-0.39, 0.29) is 11.6 Å². The summed E-state index contributed by atoms with van der Waals surface area (Å²) in [5.74, 6) is 0.281. The molecular weight excluding hydrogens is 313 g/mol. The molecule has 0 radical (unpaired) electrons.